The molecule has 3 nitrogen and oxygen atoms in total. The van der Waals surface area contributed by atoms with Crippen molar-refractivity contribution < 1.29 is 0 Å². The molecular weight excluding hydrogens is 234 g/mol. The fourth-order valence-electron chi connectivity index (χ4n) is 2.89. The number of nitrogen functional groups attached to an aromatic ring is 1. The van der Waals surface area contributed by atoms with E-state index in [1.165, 1.54) is 25.7 Å². The monoisotopic (exact) mass is 257 g/mol. The molecule has 0 aliphatic heterocycles. The topological polar surface area (TPSA) is 53.0 Å². The molecule has 0 unspecified atom stereocenters. The van der Waals surface area contributed by atoms with E-state index in [1.807, 2.05) is 12.1 Å². The van der Waals surface area contributed by atoms with Gasteiger partial charge in [-0.3, -0.25) is 0 Å². The van der Waals surface area contributed by atoms with Gasteiger partial charge in [0.2, 0.25) is 0 Å². The summed E-state index contributed by atoms with van der Waals surface area (Å²) in [5, 5.41) is 9.00. The van der Waals surface area contributed by atoms with E-state index in [0.29, 0.717) is 17.0 Å². The van der Waals surface area contributed by atoms with Gasteiger partial charge in [-0.15, -0.1) is 0 Å². The van der Waals surface area contributed by atoms with Gasteiger partial charge in [0.25, 0.3) is 0 Å². The second-order valence-corrected chi connectivity index (χ2v) is 6.39. The standard InChI is InChI=1S/C16H23N3/c1-16(2)8-6-13(7-9-16)19(3)15-10-12(11-17)4-5-14(15)18/h4-5,10,13H,6-9,18H2,1-3H3. The van der Waals surface area contributed by atoms with Crippen LogP contribution in [0.3, 0.4) is 0 Å². The number of hydrogen-bond acceptors (Lipinski definition) is 3. The summed E-state index contributed by atoms with van der Waals surface area (Å²) in [7, 11) is 2.09. The fourth-order valence-corrected chi connectivity index (χ4v) is 2.89. The van der Waals surface area contributed by atoms with Crippen LogP contribution >= 0.6 is 0 Å². The largest absolute Gasteiger partial charge is 0.397 e. The van der Waals surface area contributed by atoms with Gasteiger partial charge in [0.15, 0.2) is 0 Å². The Hall–Kier alpha value is -1.69. The molecule has 0 atom stereocenters. The van der Waals surface area contributed by atoms with Crippen LogP contribution in [0.5, 0.6) is 0 Å². The summed E-state index contributed by atoms with van der Waals surface area (Å²) in [4.78, 5) is 2.26. The molecule has 1 aliphatic carbocycles. The zero-order valence-electron chi connectivity index (χ0n) is 12.1. The first-order chi connectivity index (χ1) is 8.93. The molecule has 1 aliphatic rings. The molecule has 1 fully saturated rings. The summed E-state index contributed by atoms with van der Waals surface area (Å²) < 4.78 is 0. The zero-order valence-corrected chi connectivity index (χ0v) is 12.1. The maximum Gasteiger partial charge on any atom is 0.0992 e. The van der Waals surface area contributed by atoms with Crippen LogP contribution in [-0.4, -0.2) is 13.1 Å². The number of benzene rings is 1. The predicted octanol–water partition coefficient (Wildman–Crippen LogP) is 3.55. The van der Waals surface area contributed by atoms with Crippen molar-refractivity contribution in [1.29, 1.82) is 5.26 Å². The summed E-state index contributed by atoms with van der Waals surface area (Å²) >= 11 is 0. The SMILES string of the molecule is CN(c1cc(C#N)ccc1N)C1CCC(C)(C)CC1. The quantitative estimate of drug-likeness (QED) is 0.824. The summed E-state index contributed by atoms with van der Waals surface area (Å²) in [6.45, 7) is 4.68. The third-order valence-electron chi connectivity index (χ3n) is 4.40. The molecule has 2 rings (SSSR count). The highest BCUT2D eigenvalue weighted by Gasteiger charge is 2.29. The molecule has 3 heteroatoms. The van der Waals surface area contributed by atoms with Gasteiger partial charge in [0.1, 0.15) is 0 Å². The summed E-state index contributed by atoms with van der Waals surface area (Å²) in [6.07, 6.45) is 4.89. The van der Waals surface area contributed by atoms with Crippen molar-refractivity contribution in [2.24, 2.45) is 5.41 Å². The number of hydrogen-bond donors (Lipinski definition) is 1. The lowest BCUT2D eigenvalue weighted by atomic mass is 9.75. The van der Waals surface area contributed by atoms with Crippen molar-refractivity contribution in [2.45, 2.75) is 45.6 Å². The molecule has 2 N–H and O–H groups in total. The lowest BCUT2D eigenvalue weighted by Crippen LogP contribution is -2.37. The molecule has 0 spiro atoms. The second kappa shape index (κ2) is 5.13. The average molecular weight is 257 g/mol. The van der Waals surface area contributed by atoms with Crippen molar-refractivity contribution in [3.05, 3.63) is 23.8 Å². The second-order valence-electron chi connectivity index (χ2n) is 6.39. The highest BCUT2D eigenvalue weighted by atomic mass is 15.1. The minimum atomic E-state index is 0.470. The van der Waals surface area contributed by atoms with Crippen LogP contribution in [0.2, 0.25) is 0 Å². The third kappa shape index (κ3) is 3.01. The van der Waals surface area contributed by atoms with Crippen LogP contribution in [0.15, 0.2) is 18.2 Å². The van der Waals surface area contributed by atoms with Gasteiger partial charge in [-0.05, 0) is 49.3 Å². The smallest absolute Gasteiger partial charge is 0.0992 e. The molecule has 102 valence electrons. The first-order valence-corrected chi connectivity index (χ1v) is 6.95. The minimum Gasteiger partial charge on any atom is -0.397 e. The Kier molecular flexibility index (Phi) is 3.71. The molecule has 0 aromatic heterocycles. The highest BCUT2D eigenvalue weighted by molar-refractivity contribution is 5.69. The van der Waals surface area contributed by atoms with E-state index in [1.54, 1.807) is 6.07 Å². The van der Waals surface area contributed by atoms with Crippen LogP contribution in [-0.2, 0) is 0 Å². The summed E-state index contributed by atoms with van der Waals surface area (Å²) in [5.74, 6) is 0. The van der Waals surface area contributed by atoms with Gasteiger partial charge < -0.3 is 10.6 Å². The van der Waals surface area contributed by atoms with Crippen LogP contribution in [0.25, 0.3) is 0 Å². The minimum absolute atomic E-state index is 0.470. The zero-order chi connectivity index (χ0) is 14.0. The molecule has 0 radical (unpaired) electrons. The number of anilines is 2. The van der Waals surface area contributed by atoms with Crippen molar-refractivity contribution in [3.63, 3.8) is 0 Å². The normalized spacial score (nSPS) is 18.8. The van der Waals surface area contributed by atoms with Crippen LogP contribution in [0.1, 0.15) is 45.1 Å². The van der Waals surface area contributed by atoms with Gasteiger partial charge in [0.05, 0.1) is 23.0 Å². The Morgan fingerprint density at radius 3 is 2.53 bits per heavy atom. The molecule has 0 saturated heterocycles. The maximum atomic E-state index is 9.00. The van der Waals surface area contributed by atoms with Crippen molar-refractivity contribution in [1.82, 2.24) is 0 Å². The van der Waals surface area contributed by atoms with E-state index in [2.05, 4.69) is 31.9 Å². The fraction of sp³-hybridized carbons (Fsp3) is 0.562. The molecule has 1 aromatic rings. The Morgan fingerprint density at radius 2 is 1.95 bits per heavy atom. The molecule has 0 amide bonds. The lowest BCUT2D eigenvalue weighted by molar-refractivity contribution is 0.222. The molecule has 1 aromatic carbocycles. The number of nitriles is 1. The van der Waals surface area contributed by atoms with Crippen molar-refractivity contribution in [3.8, 4) is 6.07 Å². The average Bonchev–Trinajstić information content (AvgIpc) is 2.38. The lowest BCUT2D eigenvalue weighted by Gasteiger charge is -2.40. The Balaban J connectivity index is 2.16. The number of rotatable bonds is 2. The van der Waals surface area contributed by atoms with E-state index >= 15 is 0 Å². The number of nitrogens with two attached hydrogens (primary N) is 1. The molecular formula is C16H23N3. The Morgan fingerprint density at radius 1 is 1.32 bits per heavy atom. The number of nitrogens with zero attached hydrogens (tertiary/aromatic N) is 2. The predicted molar refractivity (Wildman–Crippen MR) is 80.0 cm³/mol. The van der Waals surface area contributed by atoms with Crippen molar-refractivity contribution in [2.75, 3.05) is 17.7 Å². The van der Waals surface area contributed by atoms with Gasteiger partial charge in [-0.1, -0.05) is 13.8 Å². The van der Waals surface area contributed by atoms with E-state index in [0.717, 1.165) is 11.4 Å². The van der Waals surface area contributed by atoms with Gasteiger partial charge in [0, 0.05) is 13.1 Å². The Labute approximate surface area is 116 Å². The Bertz CT molecular complexity index is 489. The van der Waals surface area contributed by atoms with E-state index in [4.69, 9.17) is 11.0 Å². The van der Waals surface area contributed by atoms with E-state index in [-0.39, 0.29) is 0 Å². The summed E-state index contributed by atoms with van der Waals surface area (Å²) in [6, 6.07) is 8.22. The van der Waals surface area contributed by atoms with Crippen molar-refractivity contribution >= 4 is 11.4 Å². The molecule has 0 bridgehead atoms. The maximum absolute atomic E-state index is 9.00. The summed E-state index contributed by atoms with van der Waals surface area (Å²) in [5.41, 5.74) is 8.94. The van der Waals surface area contributed by atoms with E-state index in [9.17, 15) is 0 Å². The highest BCUT2D eigenvalue weighted by Crippen LogP contribution is 2.38. The van der Waals surface area contributed by atoms with Crippen LogP contribution in [0.4, 0.5) is 11.4 Å². The molecule has 1 saturated carbocycles. The third-order valence-corrected chi connectivity index (χ3v) is 4.40. The van der Waals surface area contributed by atoms with Gasteiger partial charge >= 0.3 is 0 Å². The van der Waals surface area contributed by atoms with Crippen LogP contribution < -0.4 is 10.6 Å². The molecule has 0 heterocycles. The van der Waals surface area contributed by atoms with E-state index < -0.39 is 0 Å². The first-order valence-electron chi connectivity index (χ1n) is 6.95. The molecule has 19 heavy (non-hydrogen) atoms. The van der Waals surface area contributed by atoms with Gasteiger partial charge in [-0.25, -0.2) is 0 Å². The van der Waals surface area contributed by atoms with Gasteiger partial charge in [-0.2, -0.15) is 5.26 Å². The van der Waals surface area contributed by atoms with Crippen LogP contribution in [0, 0.1) is 16.7 Å². The first kappa shape index (κ1) is 13.7.